The predicted octanol–water partition coefficient (Wildman–Crippen LogP) is 2.23. The lowest BCUT2D eigenvalue weighted by molar-refractivity contribution is 0.340. The molecule has 0 aliphatic carbocycles. The standard InChI is InChI=1S/C12H14N2O3/c1-14-8-7-11(13-14)17-12-9(15-2)5-4-6-10(12)16-3/h4-8H,1-3H3. The highest BCUT2D eigenvalue weighted by Gasteiger charge is 2.13. The van der Waals surface area contributed by atoms with E-state index in [1.807, 2.05) is 13.1 Å². The molecule has 17 heavy (non-hydrogen) atoms. The number of aryl methyl sites for hydroxylation is 1. The molecule has 0 atom stereocenters. The third-order valence-corrected chi connectivity index (χ3v) is 2.28. The van der Waals surface area contributed by atoms with E-state index in [1.165, 1.54) is 0 Å². The van der Waals surface area contributed by atoms with Crippen molar-refractivity contribution in [1.29, 1.82) is 0 Å². The third kappa shape index (κ3) is 2.33. The number of rotatable bonds is 4. The summed E-state index contributed by atoms with van der Waals surface area (Å²) in [6.45, 7) is 0. The summed E-state index contributed by atoms with van der Waals surface area (Å²) in [6.07, 6.45) is 1.80. The molecule has 0 bridgehead atoms. The first kappa shape index (κ1) is 11.3. The van der Waals surface area contributed by atoms with E-state index in [0.717, 1.165) is 0 Å². The highest BCUT2D eigenvalue weighted by Crippen LogP contribution is 2.39. The summed E-state index contributed by atoms with van der Waals surface area (Å²) in [5, 5.41) is 4.14. The molecule has 0 saturated carbocycles. The summed E-state index contributed by atoms with van der Waals surface area (Å²) in [7, 11) is 4.99. The van der Waals surface area contributed by atoms with E-state index in [1.54, 1.807) is 43.3 Å². The Labute approximate surface area is 99.5 Å². The lowest BCUT2D eigenvalue weighted by atomic mass is 10.3. The molecule has 2 aromatic rings. The molecule has 0 saturated heterocycles. The van der Waals surface area contributed by atoms with Crippen LogP contribution in [0, 0.1) is 0 Å². The molecule has 0 aliphatic heterocycles. The van der Waals surface area contributed by atoms with Crippen LogP contribution in [0.5, 0.6) is 23.1 Å². The quantitative estimate of drug-likeness (QED) is 0.813. The molecule has 0 unspecified atom stereocenters. The Balaban J connectivity index is 2.36. The Morgan fingerprint density at radius 2 is 1.71 bits per heavy atom. The maximum Gasteiger partial charge on any atom is 0.238 e. The van der Waals surface area contributed by atoms with Gasteiger partial charge in [-0.05, 0) is 12.1 Å². The molecule has 1 aromatic heterocycles. The van der Waals surface area contributed by atoms with Crippen LogP contribution in [0.2, 0.25) is 0 Å². The van der Waals surface area contributed by atoms with Gasteiger partial charge in [0.2, 0.25) is 11.6 Å². The van der Waals surface area contributed by atoms with E-state index < -0.39 is 0 Å². The summed E-state index contributed by atoms with van der Waals surface area (Å²) in [5.41, 5.74) is 0. The topological polar surface area (TPSA) is 45.5 Å². The van der Waals surface area contributed by atoms with Crippen molar-refractivity contribution in [2.45, 2.75) is 0 Å². The van der Waals surface area contributed by atoms with Gasteiger partial charge in [0, 0.05) is 19.3 Å². The molecule has 2 rings (SSSR count). The van der Waals surface area contributed by atoms with Crippen molar-refractivity contribution in [2.24, 2.45) is 7.05 Å². The minimum Gasteiger partial charge on any atom is -0.493 e. The monoisotopic (exact) mass is 234 g/mol. The molecule has 1 aromatic carbocycles. The molecule has 0 N–H and O–H groups in total. The zero-order valence-corrected chi connectivity index (χ0v) is 10.0. The van der Waals surface area contributed by atoms with E-state index in [4.69, 9.17) is 14.2 Å². The first-order valence-corrected chi connectivity index (χ1v) is 5.13. The fourth-order valence-electron chi connectivity index (χ4n) is 1.47. The van der Waals surface area contributed by atoms with Gasteiger partial charge in [-0.15, -0.1) is 5.10 Å². The largest absolute Gasteiger partial charge is 0.493 e. The van der Waals surface area contributed by atoms with Crippen LogP contribution in [0.4, 0.5) is 0 Å². The van der Waals surface area contributed by atoms with Gasteiger partial charge in [0.05, 0.1) is 14.2 Å². The highest BCUT2D eigenvalue weighted by molar-refractivity contribution is 5.52. The van der Waals surface area contributed by atoms with E-state index >= 15 is 0 Å². The van der Waals surface area contributed by atoms with Crippen molar-refractivity contribution in [3.05, 3.63) is 30.5 Å². The van der Waals surface area contributed by atoms with Crippen molar-refractivity contribution in [3.8, 4) is 23.1 Å². The first-order valence-electron chi connectivity index (χ1n) is 5.13. The number of ether oxygens (including phenoxy) is 3. The Morgan fingerprint density at radius 3 is 2.18 bits per heavy atom. The third-order valence-electron chi connectivity index (χ3n) is 2.28. The zero-order chi connectivity index (χ0) is 12.3. The highest BCUT2D eigenvalue weighted by atomic mass is 16.5. The van der Waals surface area contributed by atoms with Gasteiger partial charge in [-0.25, -0.2) is 0 Å². The number of hydrogen-bond donors (Lipinski definition) is 0. The van der Waals surface area contributed by atoms with Gasteiger partial charge in [0.1, 0.15) is 0 Å². The lowest BCUT2D eigenvalue weighted by Gasteiger charge is -2.11. The zero-order valence-electron chi connectivity index (χ0n) is 10.0. The van der Waals surface area contributed by atoms with Crippen LogP contribution in [-0.2, 0) is 7.05 Å². The van der Waals surface area contributed by atoms with E-state index in [-0.39, 0.29) is 0 Å². The Kier molecular flexibility index (Phi) is 3.18. The van der Waals surface area contributed by atoms with Gasteiger partial charge >= 0.3 is 0 Å². The van der Waals surface area contributed by atoms with Crippen molar-refractivity contribution in [2.75, 3.05) is 14.2 Å². The van der Waals surface area contributed by atoms with Gasteiger partial charge in [-0.3, -0.25) is 4.68 Å². The Hall–Kier alpha value is -2.17. The molecular formula is C12H14N2O3. The predicted molar refractivity (Wildman–Crippen MR) is 62.8 cm³/mol. The SMILES string of the molecule is COc1cccc(OC)c1Oc1ccn(C)n1. The average Bonchev–Trinajstić information content (AvgIpc) is 2.75. The van der Waals surface area contributed by atoms with Gasteiger partial charge in [-0.2, -0.15) is 0 Å². The van der Waals surface area contributed by atoms with Gasteiger partial charge in [0.25, 0.3) is 0 Å². The van der Waals surface area contributed by atoms with Gasteiger partial charge in [0.15, 0.2) is 11.5 Å². The van der Waals surface area contributed by atoms with Crippen molar-refractivity contribution in [3.63, 3.8) is 0 Å². The normalized spacial score (nSPS) is 10.1. The molecule has 5 heteroatoms. The molecule has 0 amide bonds. The van der Waals surface area contributed by atoms with Crippen LogP contribution >= 0.6 is 0 Å². The molecule has 0 fully saturated rings. The number of aromatic nitrogens is 2. The maximum absolute atomic E-state index is 5.66. The second kappa shape index (κ2) is 4.78. The number of benzene rings is 1. The van der Waals surface area contributed by atoms with Crippen molar-refractivity contribution in [1.82, 2.24) is 9.78 Å². The second-order valence-corrected chi connectivity index (χ2v) is 3.42. The van der Waals surface area contributed by atoms with Crippen molar-refractivity contribution < 1.29 is 14.2 Å². The van der Waals surface area contributed by atoms with Crippen LogP contribution in [0.3, 0.4) is 0 Å². The minimum absolute atomic E-state index is 0.496. The number of para-hydroxylation sites is 1. The van der Waals surface area contributed by atoms with Crippen LogP contribution < -0.4 is 14.2 Å². The summed E-state index contributed by atoms with van der Waals surface area (Å²) in [4.78, 5) is 0. The number of hydrogen-bond acceptors (Lipinski definition) is 4. The molecule has 0 aliphatic rings. The molecule has 0 radical (unpaired) electrons. The fourth-order valence-corrected chi connectivity index (χ4v) is 1.47. The summed E-state index contributed by atoms with van der Waals surface area (Å²) in [5.74, 6) is 2.23. The smallest absolute Gasteiger partial charge is 0.238 e. The lowest BCUT2D eigenvalue weighted by Crippen LogP contribution is -1.95. The van der Waals surface area contributed by atoms with Gasteiger partial charge < -0.3 is 14.2 Å². The van der Waals surface area contributed by atoms with E-state index in [2.05, 4.69) is 5.10 Å². The average molecular weight is 234 g/mol. The Morgan fingerprint density at radius 1 is 1.06 bits per heavy atom. The maximum atomic E-state index is 5.66. The molecule has 5 nitrogen and oxygen atoms in total. The molecule has 0 spiro atoms. The van der Waals surface area contributed by atoms with E-state index in [9.17, 15) is 0 Å². The Bertz CT molecular complexity index is 486. The fraction of sp³-hybridized carbons (Fsp3) is 0.250. The van der Waals surface area contributed by atoms with Crippen LogP contribution in [0.25, 0.3) is 0 Å². The molecule has 90 valence electrons. The van der Waals surface area contributed by atoms with Crippen LogP contribution in [-0.4, -0.2) is 24.0 Å². The summed E-state index contributed by atoms with van der Waals surface area (Å²) < 4.78 is 17.8. The van der Waals surface area contributed by atoms with Crippen LogP contribution in [0.1, 0.15) is 0 Å². The van der Waals surface area contributed by atoms with E-state index in [0.29, 0.717) is 23.1 Å². The molecule has 1 heterocycles. The van der Waals surface area contributed by atoms with Crippen LogP contribution in [0.15, 0.2) is 30.5 Å². The number of nitrogens with zero attached hydrogens (tertiary/aromatic N) is 2. The second-order valence-electron chi connectivity index (χ2n) is 3.42. The molecular weight excluding hydrogens is 220 g/mol. The number of methoxy groups -OCH3 is 2. The summed E-state index contributed by atoms with van der Waals surface area (Å²) in [6, 6.07) is 7.22. The first-order chi connectivity index (χ1) is 8.24. The van der Waals surface area contributed by atoms with Crippen molar-refractivity contribution >= 4 is 0 Å². The summed E-state index contributed by atoms with van der Waals surface area (Å²) >= 11 is 0. The minimum atomic E-state index is 0.496. The van der Waals surface area contributed by atoms with Gasteiger partial charge in [-0.1, -0.05) is 6.07 Å².